The highest BCUT2D eigenvalue weighted by atomic mass is 19.1. The molecule has 1 saturated carbocycles. The van der Waals surface area contributed by atoms with E-state index < -0.39 is 0 Å². The first-order valence-electron chi connectivity index (χ1n) is 8.09. The number of carbonyl (C=O) groups is 1. The molecule has 0 saturated heterocycles. The summed E-state index contributed by atoms with van der Waals surface area (Å²) in [4.78, 5) is 16.0. The van der Waals surface area contributed by atoms with E-state index in [0.29, 0.717) is 17.7 Å². The smallest absolute Gasteiger partial charge is 0.243 e. The van der Waals surface area contributed by atoms with Crippen LogP contribution in [-0.2, 0) is 4.79 Å². The van der Waals surface area contributed by atoms with Gasteiger partial charge in [0.1, 0.15) is 5.82 Å². The predicted molar refractivity (Wildman–Crippen MR) is 90.9 cm³/mol. The Morgan fingerprint density at radius 2 is 2.04 bits per heavy atom. The third-order valence-electron chi connectivity index (χ3n) is 4.11. The molecule has 0 atom stereocenters. The van der Waals surface area contributed by atoms with Gasteiger partial charge in [0.15, 0.2) is 5.96 Å². The summed E-state index contributed by atoms with van der Waals surface area (Å²) in [6.45, 7) is 2.36. The molecule has 1 amide bonds. The topological polar surface area (TPSA) is 65.5 Å². The van der Waals surface area contributed by atoms with E-state index in [9.17, 15) is 9.18 Å². The lowest BCUT2D eigenvalue weighted by Crippen LogP contribution is -2.46. The first-order valence-corrected chi connectivity index (χ1v) is 8.09. The van der Waals surface area contributed by atoms with E-state index in [1.54, 1.807) is 19.2 Å². The van der Waals surface area contributed by atoms with E-state index in [4.69, 9.17) is 0 Å². The van der Waals surface area contributed by atoms with E-state index in [0.717, 1.165) is 18.8 Å². The number of aliphatic imine (C=N–C) groups is 1. The Morgan fingerprint density at radius 1 is 1.30 bits per heavy atom. The van der Waals surface area contributed by atoms with Crippen LogP contribution in [0.2, 0.25) is 0 Å². The number of amides is 1. The second-order valence-corrected chi connectivity index (χ2v) is 6.09. The van der Waals surface area contributed by atoms with E-state index in [1.165, 1.54) is 25.0 Å². The number of nitrogens with one attached hydrogen (secondary N) is 3. The molecule has 2 rings (SSSR count). The summed E-state index contributed by atoms with van der Waals surface area (Å²) in [5, 5.41) is 9.00. The van der Waals surface area contributed by atoms with Crippen LogP contribution >= 0.6 is 0 Å². The fourth-order valence-electron chi connectivity index (χ4n) is 2.73. The normalized spacial score (nSPS) is 21.6. The number of benzene rings is 1. The van der Waals surface area contributed by atoms with Gasteiger partial charge in [0, 0.05) is 18.8 Å². The van der Waals surface area contributed by atoms with Crippen LogP contribution in [0.4, 0.5) is 10.1 Å². The average molecular weight is 320 g/mol. The molecule has 0 unspecified atom stereocenters. The summed E-state index contributed by atoms with van der Waals surface area (Å²) in [5.74, 6) is 0.801. The van der Waals surface area contributed by atoms with Crippen LogP contribution in [0.15, 0.2) is 29.3 Å². The highest BCUT2D eigenvalue weighted by Gasteiger charge is 2.19. The van der Waals surface area contributed by atoms with E-state index in [1.807, 2.05) is 0 Å². The van der Waals surface area contributed by atoms with Crippen molar-refractivity contribution in [2.45, 2.75) is 38.6 Å². The molecule has 126 valence electrons. The minimum absolute atomic E-state index is 0.0826. The van der Waals surface area contributed by atoms with Crippen molar-refractivity contribution in [2.75, 3.05) is 18.9 Å². The third-order valence-corrected chi connectivity index (χ3v) is 4.11. The Kier molecular flexibility index (Phi) is 6.38. The fourth-order valence-corrected chi connectivity index (χ4v) is 2.73. The number of rotatable bonds is 4. The van der Waals surface area contributed by atoms with Gasteiger partial charge in [-0.2, -0.15) is 0 Å². The third kappa shape index (κ3) is 5.88. The van der Waals surface area contributed by atoms with Crippen molar-refractivity contribution in [3.63, 3.8) is 0 Å². The van der Waals surface area contributed by atoms with Gasteiger partial charge in [-0.25, -0.2) is 4.39 Å². The molecule has 0 heterocycles. The molecule has 1 fully saturated rings. The zero-order chi connectivity index (χ0) is 16.7. The molecule has 0 radical (unpaired) electrons. The summed E-state index contributed by atoms with van der Waals surface area (Å²) in [6, 6.07) is 6.24. The zero-order valence-electron chi connectivity index (χ0n) is 13.7. The number of guanidine groups is 1. The van der Waals surface area contributed by atoms with Crippen molar-refractivity contribution < 1.29 is 9.18 Å². The number of hydrogen-bond acceptors (Lipinski definition) is 2. The second-order valence-electron chi connectivity index (χ2n) is 6.09. The molecule has 1 aromatic rings. The fraction of sp³-hybridized carbons (Fsp3) is 0.529. The largest absolute Gasteiger partial charge is 0.354 e. The lowest BCUT2D eigenvalue weighted by atomic mass is 9.87. The van der Waals surface area contributed by atoms with Crippen molar-refractivity contribution in [3.8, 4) is 0 Å². The van der Waals surface area contributed by atoms with Crippen LogP contribution in [-0.4, -0.2) is 31.5 Å². The maximum absolute atomic E-state index is 13.1. The highest BCUT2D eigenvalue weighted by Crippen LogP contribution is 2.23. The monoisotopic (exact) mass is 320 g/mol. The van der Waals surface area contributed by atoms with Gasteiger partial charge in [-0.1, -0.05) is 13.0 Å². The van der Waals surface area contributed by atoms with Gasteiger partial charge in [0.05, 0.1) is 6.54 Å². The Labute approximate surface area is 136 Å². The second kappa shape index (κ2) is 8.50. The first kappa shape index (κ1) is 17.2. The Bertz CT molecular complexity index is 553. The first-order chi connectivity index (χ1) is 11.1. The molecule has 0 spiro atoms. The molecule has 1 aliphatic carbocycles. The standard InChI is InChI=1S/C17H25FN4O/c1-12-6-8-14(9-7-12)22-17(19-2)20-11-16(23)21-15-5-3-4-13(18)10-15/h3-5,10,12,14H,6-9,11H2,1-2H3,(H,21,23)(H2,19,20,22). The zero-order valence-corrected chi connectivity index (χ0v) is 13.7. The Balaban J connectivity index is 1.75. The van der Waals surface area contributed by atoms with Crippen LogP contribution in [0.5, 0.6) is 0 Å². The lowest BCUT2D eigenvalue weighted by molar-refractivity contribution is -0.115. The van der Waals surface area contributed by atoms with E-state index >= 15 is 0 Å². The molecule has 1 aromatic carbocycles. The van der Waals surface area contributed by atoms with Gasteiger partial charge in [0.25, 0.3) is 0 Å². The molecule has 6 heteroatoms. The molecule has 0 aliphatic heterocycles. The van der Waals surface area contributed by atoms with Gasteiger partial charge in [0.2, 0.25) is 5.91 Å². The lowest BCUT2D eigenvalue weighted by Gasteiger charge is -2.28. The summed E-state index contributed by atoms with van der Waals surface area (Å²) in [6.07, 6.45) is 4.68. The number of halogens is 1. The average Bonchev–Trinajstić information content (AvgIpc) is 2.53. The van der Waals surface area contributed by atoms with Crippen molar-refractivity contribution in [3.05, 3.63) is 30.1 Å². The number of carbonyl (C=O) groups excluding carboxylic acids is 1. The molecular weight excluding hydrogens is 295 g/mol. The highest BCUT2D eigenvalue weighted by molar-refractivity contribution is 5.95. The van der Waals surface area contributed by atoms with Crippen molar-refractivity contribution in [2.24, 2.45) is 10.9 Å². The van der Waals surface area contributed by atoms with E-state index in [2.05, 4.69) is 27.9 Å². The van der Waals surface area contributed by atoms with E-state index in [-0.39, 0.29) is 18.3 Å². The van der Waals surface area contributed by atoms with Gasteiger partial charge in [-0.15, -0.1) is 0 Å². The maximum atomic E-state index is 13.1. The van der Waals surface area contributed by atoms with Crippen LogP contribution in [0.1, 0.15) is 32.6 Å². The summed E-state index contributed by atoms with van der Waals surface area (Å²) < 4.78 is 13.1. The summed E-state index contributed by atoms with van der Waals surface area (Å²) in [7, 11) is 1.69. The number of anilines is 1. The van der Waals surface area contributed by atoms with Gasteiger partial charge < -0.3 is 16.0 Å². The Morgan fingerprint density at radius 3 is 2.70 bits per heavy atom. The van der Waals surface area contributed by atoms with Crippen molar-refractivity contribution in [1.29, 1.82) is 0 Å². The molecule has 0 aromatic heterocycles. The minimum Gasteiger partial charge on any atom is -0.354 e. The minimum atomic E-state index is -0.375. The van der Waals surface area contributed by atoms with Crippen molar-refractivity contribution >= 4 is 17.6 Å². The van der Waals surface area contributed by atoms with Gasteiger partial charge >= 0.3 is 0 Å². The quantitative estimate of drug-likeness (QED) is 0.590. The van der Waals surface area contributed by atoms with Gasteiger partial charge in [-0.3, -0.25) is 9.79 Å². The van der Waals surface area contributed by atoms with Crippen LogP contribution in [0, 0.1) is 11.7 Å². The molecule has 23 heavy (non-hydrogen) atoms. The SMILES string of the molecule is CN=C(NCC(=O)Nc1cccc(F)c1)NC1CCC(C)CC1. The maximum Gasteiger partial charge on any atom is 0.243 e. The molecule has 1 aliphatic rings. The summed E-state index contributed by atoms with van der Waals surface area (Å²) >= 11 is 0. The van der Waals surface area contributed by atoms with Crippen LogP contribution in [0.25, 0.3) is 0 Å². The molecular formula is C17H25FN4O. The molecule has 0 bridgehead atoms. The van der Waals surface area contributed by atoms with Crippen LogP contribution < -0.4 is 16.0 Å². The Hall–Kier alpha value is -2.11. The molecule has 3 N–H and O–H groups in total. The predicted octanol–water partition coefficient (Wildman–Crippen LogP) is 2.51. The van der Waals surface area contributed by atoms with Gasteiger partial charge in [-0.05, 0) is 49.8 Å². The molecule has 5 nitrogen and oxygen atoms in total. The summed E-state index contributed by atoms with van der Waals surface area (Å²) in [5.41, 5.74) is 0.445. The van der Waals surface area contributed by atoms with Crippen molar-refractivity contribution in [1.82, 2.24) is 10.6 Å². The number of hydrogen-bond donors (Lipinski definition) is 3. The van der Waals surface area contributed by atoms with Crippen LogP contribution in [0.3, 0.4) is 0 Å². The number of nitrogens with zero attached hydrogens (tertiary/aromatic N) is 1.